The monoisotopic (exact) mass is 487 g/mol. The first kappa shape index (κ1) is 23.1. The van der Waals surface area contributed by atoms with Crippen LogP contribution in [0.2, 0.25) is 5.02 Å². The second-order valence-corrected chi connectivity index (χ2v) is 9.23. The Kier molecular flexibility index (Phi) is 6.03. The van der Waals surface area contributed by atoms with Crippen molar-refractivity contribution >= 4 is 23.3 Å². The number of aryl methyl sites for hydroxylation is 3. The number of nitrogens with zero attached hydrogens (tertiary/aromatic N) is 5. The van der Waals surface area contributed by atoms with Crippen LogP contribution in [0.15, 0.2) is 54.6 Å². The zero-order valence-corrected chi connectivity index (χ0v) is 20.9. The van der Waals surface area contributed by atoms with E-state index < -0.39 is 0 Å². The molecule has 0 aliphatic carbocycles. The Morgan fingerprint density at radius 1 is 1.03 bits per heavy atom. The quantitative estimate of drug-likeness (QED) is 0.381. The van der Waals surface area contributed by atoms with Gasteiger partial charge in [0.05, 0.1) is 19.3 Å². The van der Waals surface area contributed by atoms with Crippen molar-refractivity contribution in [2.45, 2.75) is 39.7 Å². The number of ether oxygens (including phenoxy) is 1. The van der Waals surface area contributed by atoms with E-state index >= 15 is 0 Å². The topological polar surface area (TPSA) is 73.1 Å². The van der Waals surface area contributed by atoms with Gasteiger partial charge in [0.25, 0.3) is 5.95 Å². The van der Waals surface area contributed by atoms with E-state index in [9.17, 15) is 4.79 Å². The van der Waals surface area contributed by atoms with Crippen LogP contribution in [-0.2, 0) is 11.3 Å². The van der Waals surface area contributed by atoms with E-state index in [4.69, 9.17) is 21.4 Å². The third-order valence-corrected chi connectivity index (χ3v) is 6.50. The number of methoxy groups -OCH3 is 1. The first-order valence-corrected chi connectivity index (χ1v) is 11.8. The summed E-state index contributed by atoms with van der Waals surface area (Å²) < 4.78 is 7.36. The molecule has 0 spiro atoms. The van der Waals surface area contributed by atoms with Crippen LogP contribution < -0.4 is 9.64 Å². The lowest BCUT2D eigenvalue weighted by atomic mass is 9.84. The highest BCUT2D eigenvalue weighted by atomic mass is 35.5. The molecule has 2 aromatic heterocycles. The highest BCUT2D eigenvalue weighted by molar-refractivity contribution is 6.30. The number of hydrogen-bond donors (Lipinski definition) is 0. The van der Waals surface area contributed by atoms with Crippen LogP contribution >= 0.6 is 11.6 Å². The Morgan fingerprint density at radius 2 is 1.77 bits per heavy atom. The molecule has 0 saturated carbocycles. The predicted octanol–water partition coefficient (Wildman–Crippen LogP) is 5.32. The normalized spacial score (nSPS) is 15.3. The lowest BCUT2D eigenvalue weighted by Crippen LogP contribution is -2.38. The summed E-state index contributed by atoms with van der Waals surface area (Å²) >= 11 is 6.25. The van der Waals surface area contributed by atoms with Gasteiger partial charge in [-0.3, -0.25) is 9.69 Å². The maximum absolute atomic E-state index is 13.7. The minimum absolute atomic E-state index is 0.0149. The van der Waals surface area contributed by atoms with E-state index in [0.717, 1.165) is 39.5 Å². The lowest BCUT2D eigenvalue weighted by molar-refractivity contribution is -0.119. The highest BCUT2D eigenvalue weighted by Gasteiger charge is 2.39. The van der Waals surface area contributed by atoms with Crippen LogP contribution in [0.3, 0.4) is 0 Å². The first-order valence-electron chi connectivity index (χ1n) is 11.5. The van der Waals surface area contributed by atoms with Crippen molar-refractivity contribution in [1.29, 1.82) is 0 Å². The molecule has 1 amide bonds. The number of para-hydroxylation sites is 1. The summed E-state index contributed by atoms with van der Waals surface area (Å²) in [6.45, 7) is 6.18. The van der Waals surface area contributed by atoms with E-state index in [0.29, 0.717) is 29.8 Å². The summed E-state index contributed by atoms with van der Waals surface area (Å²) in [6, 6.07) is 17.3. The van der Waals surface area contributed by atoms with Crippen molar-refractivity contribution in [1.82, 2.24) is 19.7 Å². The molecule has 35 heavy (non-hydrogen) atoms. The molecule has 8 heteroatoms. The van der Waals surface area contributed by atoms with E-state index in [1.165, 1.54) is 0 Å². The molecule has 0 N–H and O–H groups in total. The molecule has 0 bridgehead atoms. The molecule has 5 rings (SSSR count). The fourth-order valence-electron chi connectivity index (χ4n) is 4.84. The maximum atomic E-state index is 13.7. The number of carbonyl (C=O) groups is 1. The zero-order chi connectivity index (χ0) is 24.7. The van der Waals surface area contributed by atoms with E-state index in [1.807, 2.05) is 75.4 Å². The summed E-state index contributed by atoms with van der Waals surface area (Å²) in [6.07, 6.45) is 0.300. The highest BCUT2D eigenvalue weighted by Crippen LogP contribution is 2.45. The van der Waals surface area contributed by atoms with Crippen LogP contribution in [0.5, 0.6) is 5.75 Å². The van der Waals surface area contributed by atoms with Crippen molar-refractivity contribution in [3.05, 3.63) is 93.4 Å². The maximum Gasteiger partial charge on any atom is 0.252 e. The molecule has 4 aromatic rings. The van der Waals surface area contributed by atoms with Crippen molar-refractivity contribution in [3.8, 4) is 11.7 Å². The summed E-state index contributed by atoms with van der Waals surface area (Å²) in [7, 11) is 1.65. The fourth-order valence-corrected chi connectivity index (χ4v) is 5.05. The SMILES string of the molecule is COc1ccccc1C1CC(=O)N(Cc2cccc(Cl)c2)c2c1c(C)nn2-c1nc(C)cc(C)n1. The number of amides is 1. The van der Waals surface area contributed by atoms with Crippen LogP contribution in [-0.4, -0.2) is 32.8 Å². The molecule has 2 aromatic carbocycles. The number of carbonyl (C=O) groups excluding carboxylic acids is 1. The van der Waals surface area contributed by atoms with Gasteiger partial charge in [-0.2, -0.15) is 9.78 Å². The van der Waals surface area contributed by atoms with Crippen molar-refractivity contribution in [2.24, 2.45) is 0 Å². The average Bonchev–Trinajstić information content (AvgIpc) is 3.17. The minimum atomic E-state index is -0.205. The molecule has 1 unspecified atom stereocenters. The Balaban J connectivity index is 1.73. The zero-order valence-electron chi connectivity index (χ0n) is 20.1. The lowest BCUT2D eigenvalue weighted by Gasteiger charge is -2.33. The van der Waals surface area contributed by atoms with Crippen LogP contribution in [0, 0.1) is 20.8 Å². The van der Waals surface area contributed by atoms with E-state index in [1.54, 1.807) is 16.7 Å². The van der Waals surface area contributed by atoms with Gasteiger partial charge in [-0.15, -0.1) is 0 Å². The van der Waals surface area contributed by atoms with Gasteiger partial charge in [-0.1, -0.05) is 41.9 Å². The van der Waals surface area contributed by atoms with Gasteiger partial charge in [0.1, 0.15) is 11.6 Å². The minimum Gasteiger partial charge on any atom is -0.496 e. The Bertz CT molecular complexity index is 1410. The van der Waals surface area contributed by atoms with Crippen molar-refractivity contribution in [2.75, 3.05) is 12.0 Å². The van der Waals surface area contributed by atoms with Crippen molar-refractivity contribution in [3.63, 3.8) is 0 Å². The second kappa shape index (κ2) is 9.15. The standard InChI is InChI=1S/C27H26ClN5O2/c1-16-12-17(2)30-27(29-16)33-26-25(18(3)31-33)22(21-10-5-6-11-23(21)35-4)14-24(34)32(26)15-19-8-7-9-20(28)13-19/h5-13,22H,14-15H2,1-4H3. The van der Waals surface area contributed by atoms with Crippen molar-refractivity contribution < 1.29 is 9.53 Å². The molecule has 7 nitrogen and oxygen atoms in total. The molecule has 178 valence electrons. The number of fused-ring (bicyclic) bond motifs is 1. The summed E-state index contributed by atoms with van der Waals surface area (Å²) in [5, 5.41) is 5.48. The number of anilines is 1. The van der Waals surface area contributed by atoms with E-state index in [-0.39, 0.29) is 11.8 Å². The molecule has 1 aliphatic rings. The number of halogens is 1. The average molecular weight is 488 g/mol. The summed E-state index contributed by atoms with van der Waals surface area (Å²) in [4.78, 5) is 24.8. The summed E-state index contributed by atoms with van der Waals surface area (Å²) in [5.74, 6) is 1.65. The molecule has 1 atom stereocenters. The van der Waals surface area contributed by atoms with Gasteiger partial charge in [0.15, 0.2) is 0 Å². The molecule has 0 fully saturated rings. The third kappa shape index (κ3) is 4.28. The second-order valence-electron chi connectivity index (χ2n) is 8.79. The molecular weight excluding hydrogens is 462 g/mol. The van der Waals surface area contributed by atoms with Gasteiger partial charge in [0, 0.05) is 39.9 Å². The van der Waals surface area contributed by atoms with Gasteiger partial charge in [-0.05, 0) is 50.6 Å². The van der Waals surface area contributed by atoms with Crippen LogP contribution in [0.1, 0.15) is 46.1 Å². The molecule has 1 aliphatic heterocycles. The largest absolute Gasteiger partial charge is 0.496 e. The Hall–Kier alpha value is -3.71. The fraction of sp³-hybridized carbons (Fsp3) is 0.259. The van der Waals surface area contributed by atoms with Crippen LogP contribution in [0.4, 0.5) is 5.82 Å². The molecule has 0 radical (unpaired) electrons. The number of aromatic nitrogens is 4. The van der Waals surface area contributed by atoms with Gasteiger partial charge < -0.3 is 4.74 Å². The number of rotatable bonds is 5. The van der Waals surface area contributed by atoms with Gasteiger partial charge in [-0.25, -0.2) is 9.97 Å². The third-order valence-electron chi connectivity index (χ3n) is 6.27. The van der Waals surface area contributed by atoms with E-state index in [2.05, 4.69) is 9.97 Å². The van der Waals surface area contributed by atoms with Crippen LogP contribution in [0.25, 0.3) is 5.95 Å². The summed E-state index contributed by atoms with van der Waals surface area (Å²) in [5.41, 5.74) is 5.34. The van der Waals surface area contributed by atoms with Gasteiger partial charge >= 0.3 is 0 Å². The Morgan fingerprint density at radius 3 is 2.49 bits per heavy atom. The molecule has 0 saturated heterocycles. The molecule has 3 heterocycles. The Labute approximate surface area is 209 Å². The van der Waals surface area contributed by atoms with Gasteiger partial charge in [0.2, 0.25) is 5.91 Å². The smallest absolute Gasteiger partial charge is 0.252 e. The number of benzene rings is 2. The number of hydrogen-bond acceptors (Lipinski definition) is 5. The first-order chi connectivity index (χ1) is 16.9. The molecular formula is C27H26ClN5O2. The predicted molar refractivity (Wildman–Crippen MR) is 135 cm³/mol.